The van der Waals surface area contributed by atoms with Crippen LogP contribution in [0.2, 0.25) is 0 Å². The Morgan fingerprint density at radius 1 is 1.23 bits per heavy atom. The highest BCUT2D eigenvalue weighted by molar-refractivity contribution is 5.91. The largest absolute Gasteiger partial charge is 0.393 e. The second-order valence-electron chi connectivity index (χ2n) is 6.27. The zero-order valence-corrected chi connectivity index (χ0v) is 13.0. The number of carbonyl (C=O) groups is 1. The van der Waals surface area contributed by atoms with Gasteiger partial charge in [0.05, 0.1) is 6.10 Å². The number of aliphatic hydroxyl groups is 1. The smallest absolute Gasteiger partial charge is 0.271 e. The van der Waals surface area contributed by atoms with Crippen LogP contribution in [0.5, 0.6) is 0 Å². The quantitative estimate of drug-likeness (QED) is 0.881. The van der Waals surface area contributed by atoms with Crippen LogP contribution in [0.4, 0.5) is 5.82 Å². The van der Waals surface area contributed by atoms with Gasteiger partial charge in [-0.2, -0.15) is 0 Å². The SMILES string of the molecule is CNC(=O)c1ccc(N2CCC[C@@H]2[C@H]2CCCC[C@@H]2O)nn1. The van der Waals surface area contributed by atoms with Crippen molar-refractivity contribution in [3.63, 3.8) is 0 Å². The Morgan fingerprint density at radius 3 is 2.73 bits per heavy atom. The molecule has 3 rings (SSSR count). The Hall–Kier alpha value is -1.69. The number of aromatic nitrogens is 2. The van der Waals surface area contributed by atoms with Crippen molar-refractivity contribution >= 4 is 11.7 Å². The second-order valence-corrected chi connectivity index (χ2v) is 6.27. The molecule has 1 aromatic rings. The lowest BCUT2D eigenvalue weighted by atomic mass is 9.80. The van der Waals surface area contributed by atoms with Gasteiger partial charge in [-0.1, -0.05) is 12.8 Å². The van der Waals surface area contributed by atoms with E-state index < -0.39 is 0 Å². The minimum atomic E-state index is -0.222. The monoisotopic (exact) mass is 304 g/mol. The van der Waals surface area contributed by atoms with Crippen LogP contribution >= 0.6 is 0 Å². The lowest BCUT2D eigenvalue weighted by molar-refractivity contribution is 0.0565. The first-order valence-electron chi connectivity index (χ1n) is 8.21. The van der Waals surface area contributed by atoms with Crippen LogP contribution < -0.4 is 10.2 Å². The number of nitrogens with zero attached hydrogens (tertiary/aromatic N) is 3. The van der Waals surface area contributed by atoms with Crippen molar-refractivity contribution < 1.29 is 9.90 Å². The van der Waals surface area contributed by atoms with Gasteiger partial charge in [0.25, 0.3) is 5.91 Å². The summed E-state index contributed by atoms with van der Waals surface area (Å²) in [5.41, 5.74) is 0.333. The van der Waals surface area contributed by atoms with Gasteiger partial charge in [-0.05, 0) is 37.8 Å². The zero-order chi connectivity index (χ0) is 15.5. The maximum Gasteiger partial charge on any atom is 0.271 e. The molecule has 1 saturated heterocycles. The van der Waals surface area contributed by atoms with Gasteiger partial charge in [0, 0.05) is 25.6 Å². The Balaban J connectivity index is 1.76. The molecule has 22 heavy (non-hydrogen) atoms. The summed E-state index contributed by atoms with van der Waals surface area (Å²) in [6.07, 6.45) is 6.35. The van der Waals surface area contributed by atoms with Gasteiger partial charge in [-0.3, -0.25) is 4.79 Å². The summed E-state index contributed by atoms with van der Waals surface area (Å²) in [5.74, 6) is 0.921. The van der Waals surface area contributed by atoms with E-state index in [1.165, 1.54) is 6.42 Å². The molecule has 120 valence electrons. The van der Waals surface area contributed by atoms with Crippen LogP contribution in [0.15, 0.2) is 12.1 Å². The molecule has 0 radical (unpaired) electrons. The second kappa shape index (κ2) is 6.60. The third-order valence-electron chi connectivity index (χ3n) is 4.98. The van der Waals surface area contributed by atoms with Crippen molar-refractivity contribution in [2.24, 2.45) is 5.92 Å². The molecule has 2 N–H and O–H groups in total. The maximum absolute atomic E-state index is 11.5. The van der Waals surface area contributed by atoms with Crippen LogP contribution in [-0.2, 0) is 0 Å². The fraction of sp³-hybridized carbons (Fsp3) is 0.688. The molecule has 1 saturated carbocycles. The number of carbonyl (C=O) groups excluding carboxylic acids is 1. The molecule has 2 aliphatic rings. The summed E-state index contributed by atoms with van der Waals surface area (Å²) in [4.78, 5) is 13.8. The zero-order valence-electron chi connectivity index (χ0n) is 13.0. The number of hydrogen-bond donors (Lipinski definition) is 2. The van der Waals surface area contributed by atoms with Crippen molar-refractivity contribution in [3.05, 3.63) is 17.8 Å². The molecule has 2 heterocycles. The summed E-state index contributed by atoms with van der Waals surface area (Å²) in [7, 11) is 1.58. The predicted octanol–water partition coefficient (Wildman–Crippen LogP) is 1.36. The molecule has 3 atom stereocenters. The maximum atomic E-state index is 11.5. The van der Waals surface area contributed by atoms with Gasteiger partial charge < -0.3 is 15.3 Å². The van der Waals surface area contributed by atoms with E-state index >= 15 is 0 Å². The van der Waals surface area contributed by atoms with Crippen LogP contribution in [-0.4, -0.2) is 46.9 Å². The summed E-state index contributed by atoms with van der Waals surface area (Å²) >= 11 is 0. The third kappa shape index (κ3) is 2.92. The Morgan fingerprint density at radius 2 is 2.05 bits per heavy atom. The standard InChI is InChI=1S/C16H24N4O2/c1-17-16(22)12-8-9-15(19-18-12)20-10-4-6-13(20)11-5-2-3-7-14(11)21/h8-9,11,13-14,21H,2-7,10H2,1H3,(H,17,22)/t11-,13-,14+/m1/s1. The van der Waals surface area contributed by atoms with Gasteiger partial charge >= 0.3 is 0 Å². The molecule has 0 aromatic carbocycles. The molecule has 0 bridgehead atoms. The molecule has 2 fully saturated rings. The minimum absolute atomic E-state index is 0.197. The van der Waals surface area contributed by atoms with E-state index in [9.17, 15) is 9.90 Å². The lowest BCUT2D eigenvalue weighted by Gasteiger charge is -2.37. The first-order valence-corrected chi connectivity index (χ1v) is 8.21. The van der Waals surface area contributed by atoms with E-state index in [1.54, 1.807) is 13.1 Å². The van der Waals surface area contributed by atoms with E-state index in [2.05, 4.69) is 20.4 Å². The summed E-state index contributed by atoms with van der Waals surface area (Å²) in [5, 5.41) is 21.1. The fourth-order valence-corrected chi connectivity index (χ4v) is 3.84. The van der Waals surface area contributed by atoms with Gasteiger partial charge in [-0.15, -0.1) is 10.2 Å². The molecule has 0 spiro atoms. The van der Waals surface area contributed by atoms with Crippen LogP contribution in [0, 0.1) is 5.92 Å². The molecular formula is C16H24N4O2. The lowest BCUT2D eigenvalue weighted by Crippen LogP contribution is -2.43. The number of hydrogen-bond acceptors (Lipinski definition) is 5. The number of aliphatic hydroxyl groups excluding tert-OH is 1. The van der Waals surface area contributed by atoms with Crippen LogP contribution in [0.1, 0.15) is 49.0 Å². The average molecular weight is 304 g/mol. The summed E-state index contributed by atoms with van der Waals surface area (Å²) in [6.45, 7) is 0.946. The van der Waals surface area contributed by atoms with E-state index in [0.717, 1.165) is 44.5 Å². The molecule has 1 aliphatic heterocycles. The van der Waals surface area contributed by atoms with E-state index in [1.807, 2.05) is 6.07 Å². The van der Waals surface area contributed by atoms with Gasteiger partial charge in [0.2, 0.25) is 0 Å². The van der Waals surface area contributed by atoms with Crippen molar-refractivity contribution in [1.82, 2.24) is 15.5 Å². The first kappa shape index (κ1) is 15.2. The van der Waals surface area contributed by atoms with Gasteiger partial charge in [0.15, 0.2) is 11.5 Å². The predicted molar refractivity (Wildman–Crippen MR) is 83.8 cm³/mol. The first-order chi connectivity index (χ1) is 10.7. The Labute approximate surface area is 130 Å². The van der Waals surface area contributed by atoms with Gasteiger partial charge in [0.1, 0.15) is 0 Å². The number of rotatable bonds is 3. The molecule has 1 amide bonds. The molecular weight excluding hydrogens is 280 g/mol. The van der Waals surface area contributed by atoms with Crippen LogP contribution in [0.3, 0.4) is 0 Å². The molecule has 1 aliphatic carbocycles. The van der Waals surface area contributed by atoms with Crippen LogP contribution in [0.25, 0.3) is 0 Å². The van der Waals surface area contributed by atoms with E-state index in [4.69, 9.17) is 0 Å². The number of amides is 1. The molecule has 6 nitrogen and oxygen atoms in total. The highest BCUT2D eigenvalue weighted by Crippen LogP contribution is 2.36. The normalized spacial score (nSPS) is 28.6. The van der Waals surface area contributed by atoms with Crippen molar-refractivity contribution in [2.45, 2.75) is 50.7 Å². The minimum Gasteiger partial charge on any atom is -0.393 e. The van der Waals surface area contributed by atoms with E-state index in [0.29, 0.717) is 17.7 Å². The third-order valence-corrected chi connectivity index (χ3v) is 4.98. The average Bonchev–Trinajstić information content (AvgIpc) is 3.04. The molecule has 1 aromatic heterocycles. The van der Waals surface area contributed by atoms with E-state index in [-0.39, 0.29) is 12.0 Å². The Bertz CT molecular complexity index is 519. The van der Waals surface area contributed by atoms with Crippen molar-refractivity contribution in [2.75, 3.05) is 18.5 Å². The molecule has 0 unspecified atom stereocenters. The molecule has 6 heteroatoms. The number of nitrogens with one attached hydrogen (secondary N) is 1. The van der Waals surface area contributed by atoms with Crippen molar-refractivity contribution in [1.29, 1.82) is 0 Å². The highest BCUT2D eigenvalue weighted by Gasteiger charge is 2.37. The van der Waals surface area contributed by atoms with Crippen molar-refractivity contribution in [3.8, 4) is 0 Å². The summed E-state index contributed by atoms with van der Waals surface area (Å²) < 4.78 is 0. The number of anilines is 1. The topological polar surface area (TPSA) is 78.4 Å². The van der Waals surface area contributed by atoms with Gasteiger partial charge in [-0.25, -0.2) is 0 Å². The highest BCUT2D eigenvalue weighted by atomic mass is 16.3. The fourth-order valence-electron chi connectivity index (χ4n) is 3.84. The Kier molecular flexibility index (Phi) is 4.57. The summed E-state index contributed by atoms with van der Waals surface area (Å²) in [6, 6.07) is 3.93.